The molecule has 7 heteroatoms. The van der Waals surface area contributed by atoms with Gasteiger partial charge in [-0.25, -0.2) is 8.42 Å². The maximum Gasteiger partial charge on any atom is 0.317 e. The van der Waals surface area contributed by atoms with Crippen molar-refractivity contribution in [1.82, 2.24) is 5.32 Å². The van der Waals surface area contributed by atoms with Crippen LogP contribution in [0, 0.1) is 5.21 Å². The molecule has 0 bridgehead atoms. The molecular formula is C16H20N2O4S. The van der Waals surface area contributed by atoms with Gasteiger partial charge in [0, 0.05) is 17.0 Å². The first-order chi connectivity index (χ1) is 10.9. The van der Waals surface area contributed by atoms with Crippen LogP contribution in [0.4, 0.5) is 0 Å². The fourth-order valence-electron chi connectivity index (χ4n) is 3.26. The molecule has 0 radical (unpaired) electrons. The average molecular weight is 336 g/mol. The fourth-order valence-corrected chi connectivity index (χ4v) is 4.49. The van der Waals surface area contributed by atoms with Crippen molar-refractivity contribution >= 4 is 15.7 Å². The molecule has 1 aliphatic heterocycles. The molecule has 1 aromatic heterocycles. The molecule has 0 spiro atoms. The number of carbonyl (C=O) groups excluding carboxylic acids is 1. The third-order valence-corrected chi connectivity index (χ3v) is 5.89. The minimum atomic E-state index is -3.23. The van der Waals surface area contributed by atoms with E-state index in [0.29, 0.717) is 10.6 Å². The lowest BCUT2D eigenvalue weighted by Gasteiger charge is -2.21. The lowest BCUT2D eigenvalue weighted by Crippen LogP contribution is -2.43. The van der Waals surface area contributed by atoms with E-state index in [9.17, 15) is 18.4 Å². The van der Waals surface area contributed by atoms with E-state index < -0.39 is 21.8 Å². The number of carbonyl (C=O) groups is 1. The van der Waals surface area contributed by atoms with E-state index in [4.69, 9.17) is 0 Å². The van der Waals surface area contributed by atoms with Gasteiger partial charge in [-0.15, -0.1) is 0 Å². The second kappa shape index (κ2) is 6.31. The van der Waals surface area contributed by atoms with Crippen molar-refractivity contribution in [3.8, 4) is 0 Å². The van der Waals surface area contributed by atoms with Gasteiger partial charge in [-0.2, -0.15) is 4.73 Å². The molecule has 1 saturated carbocycles. The summed E-state index contributed by atoms with van der Waals surface area (Å²) in [4.78, 5) is 12.2. The number of nitrogens with zero attached hydrogens (tertiary/aromatic N) is 1. The second-order valence-electron chi connectivity index (χ2n) is 6.25. The average Bonchev–Trinajstić information content (AvgIpc) is 2.86. The smallest absolute Gasteiger partial charge is 0.317 e. The Morgan fingerprint density at radius 2 is 1.96 bits per heavy atom. The maximum atomic E-state index is 12.2. The summed E-state index contributed by atoms with van der Waals surface area (Å²) in [5.41, 5.74) is 0.960. The van der Waals surface area contributed by atoms with E-state index in [2.05, 4.69) is 5.32 Å². The van der Waals surface area contributed by atoms with Crippen LogP contribution in [0.25, 0.3) is 0 Å². The highest BCUT2D eigenvalue weighted by Crippen LogP contribution is 2.31. The van der Waals surface area contributed by atoms with Gasteiger partial charge in [-0.3, -0.25) is 4.79 Å². The maximum absolute atomic E-state index is 12.2. The Balaban J connectivity index is 1.70. The van der Waals surface area contributed by atoms with Crippen LogP contribution in [0.5, 0.6) is 0 Å². The van der Waals surface area contributed by atoms with E-state index in [-0.39, 0.29) is 11.4 Å². The number of aromatic nitrogens is 1. The fraction of sp³-hybridized carbons (Fsp3) is 0.500. The molecule has 1 fully saturated rings. The Bertz CT molecular complexity index is 736. The minimum absolute atomic E-state index is 0.0118. The normalized spacial score (nSPS) is 23.7. The Hall–Kier alpha value is -1.89. The second-order valence-corrected chi connectivity index (χ2v) is 8.18. The van der Waals surface area contributed by atoms with Crippen molar-refractivity contribution in [2.75, 3.05) is 5.75 Å². The topological polar surface area (TPSA) is 90.2 Å². The van der Waals surface area contributed by atoms with Crippen molar-refractivity contribution < 1.29 is 17.9 Å². The highest BCUT2D eigenvalue weighted by Gasteiger charge is 2.27. The Morgan fingerprint density at radius 3 is 2.57 bits per heavy atom. The zero-order valence-corrected chi connectivity index (χ0v) is 13.6. The summed E-state index contributed by atoms with van der Waals surface area (Å²) in [6.45, 7) is 0. The third kappa shape index (κ3) is 3.72. The Kier molecular flexibility index (Phi) is 4.39. The number of rotatable bonds is 3. The van der Waals surface area contributed by atoms with Crippen LogP contribution in [-0.2, 0) is 9.84 Å². The van der Waals surface area contributed by atoms with Gasteiger partial charge in [-0.1, -0.05) is 19.3 Å². The summed E-state index contributed by atoms with van der Waals surface area (Å²) in [5.74, 6) is -0.316. The quantitative estimate of drug-likeness (QED) is 0.667. The predicted molar refractivity (Wildman–Crippen MR) is 85.4 cm³/mol. The highest BCUT2D eigenvalue weighted by molar-refractivity contribution is 7.94. The monoisotopic (exact) mass is 336 g/mol. The molecule has 3 rings (SSSR count). The number of amides is 1. The highest BCUT2D eigenvalue weighted by atomic mass is 32.2. The third-order valence-electron chi connectivity index (χ3n) is 4.49. The van der Waals surface area contributed by atoms with Crippen LogP contribution in [0.1, 0.15) is 54.1 Å². The first kappa shape index (κ1) is 16.0. The van der Waals surface area contributed by atoms with Crippen LogP contribution < -0.4 is 10.0 Å². The van der Waals surface area contributed by atoms with E-state index in [1.807, 2.05) is 6.07 Å². The van der Waals surface area contributed by atoms with Crippen molar-refractivity contribution in [1.29, 1.82) is 0 Å². The minimum Gasteiger partial charge on any atom is -0.618 e. The molecule has 6 nitrogen and oxygen atoms in total. The van der Waals surface area contributed by atoms with Crippen LogP contribution in [-0.4, -0.2) is 26.1 Å². The molecule has 2 heterocycles. The Morgan fingerprint density at radius 1 is 1.22 bits per heavy atom. The summed E-state index contributed by atoms with van der Waals surface area (Å²) >= 11 is 0. The summed E-state index contributed by atoms with van der Waals surface area (Å²) in [5, 5.41) is 15.8. The van der Waals surface area contributed by atoms with Gasteiger partial charge in [-0.05, 0) is 30.9 Å². The van der Waals surface area contributed by atoms with Gasteiger partial charge in [0.1, 0.15) is 0 Å². The molecule has 1 amide bonds. The zero-order chi connectivity index (χ0) is 16.4. The lowest BCUT2D eigenvalue weighted by atomic mass is 9.85. The molecule has 1 aliphatic carbocycles. The van der Waals surface area contributed by atoms with E-state index in [1.54, 1.807) is 0 Å². The largest absolute Gasteiger partial charge is 0.618 e. The van der Waals surface area contributed by atoms with E-state index in [0.717, 1.165) is 23.8 Å². The summed E-state index contributed by atoms with van der Waals surface area (Å²) in [6.07, 6.45) is 8.66. The van der Waals surface area contributed by atoms with E-state index in [1.165, 1.54) is 37.6 Å². The predicted octanol–water partition coefficient (Wildman–Crippen LogP) is 1.41. The van der Waals surface area contributed by atoms with E-state index >= 15 is 0 Å². The van der Waals surface area contributed by atoms with Gasteiger partial charge in [0.15, 0.2) is 16.0 Å². The molecule has 1 aromatic rings. The van der Waals surface area contributed by atoms with Crippen molar-refractivity contribution in [3.05, 3.63) is 46.3 Å². The summed E-state index contributed by atoms with van der Waals surface area (Å²) in [7, 11) is -3.23. The molecule has 0 saturated heterocycles. The number of pyridine rings is 1. The molecule has 1 N–H and O–H groups in total. The zero-order valence-electron chi connectivity index (χ0n) is 12.8. The van der Waals surface area contributed by atoms with Crippen LogP contribution in [0.2, 0.25) is 0 Å². The standard InChI is InChI=1S/C16H20N2O4S/c19-16(17-14-8-9-23(21,22)11-14)15-7-6-13(10-18(15)20)12-4-2-1-3-5-12/h6-10,12,14H,1-5,11H2,(H,17,19)/t14-/m1/s1. The van der Waals surface area contributed by atoms with Gasteiger partial charge in [0.25, 0.3) is 5.69 Å². The molecule has 1 atom stereocenters. The number of sulfone groups is 1. The number of nitrogens with one attached hydrogen (secondary N) is 1. The Labute approximate surface area is 135 Å². The summed E-state index contributed by atoms with van der Waals surface area (Å²) < 4.78 is 23.3. The number of hydrogen-bond acceptors (Lipinski definition) is 4. The first-order valence-corrected chi connectivity index (χ1v) is 9.61. The number of hydrogen-bond donors (Lipinski definition) is 1. The van der Waals surface area contributed by atoms with Gasteiger partial charge in [0.2, 0.25) is 0 Å². The van der Waals surface area contributed by atoms with Gasteiger partial charge in [0.05, 0.1) is 11.8 Å². The van der Waals surface area contributed by atoms with Gasteiger partial charge < -0.3 is 10.5 Å². The van der Waals surface area contributed by atoms with Crippen molar-refractivity contribution in [2.45, 2.75) is 44.1 Å². The SMILES string of the molecule is O=C(N[C@@H]1C=CS(=O)(=O)C1)c1ccc(C2CCCCC2)c[n+]1[O-]. The molecule has 2 aliphatic rings. The first-order valence-electron chi connectivity index (χ1n) is 7.89. The molecule has 124 valence electrons. The van der Waals surface area contributed by atoms with Crippen molar-refractivity contribution in [3.63, 3.8) is 0 Å². The van der Waals surface area contributed by atoms with Crippen LogP contribution in [0.3, 0.4) is 0 Å². The van der Waals surface area contributed by atoms with Gasteiger partial charge >= 0.3 is 5.91 Å². The molecule has 0 unspecified atom stereocenters. The molecular weight excluding hydrogens is 316 g/mol. The van der Waals surface area contributed by atoms with Crippen molar-refractivity contribution in [2.24, 2.45) is 0 Å². The van der Waals surface area contributed by atoms with Crippen LogP contribution >= 0.6 is 0 Å². The summed E-state index contributed by atoms with van der Waals surface area (Å²) in [6, 6.07) is 2.78. The molecule has 23 heavy (non-hydrogen) atoms. The molecule has 0 aromatic carbocycles. The lowest BCUT2D eigenvalue weighted by molar-refractivity contribution is -0.608. The van der Waals surface area contributed by atoms with Crippen LogP contribution in [0.15, 0.2) is 29.8 Å².